The molecule has 0 saturated heterocycles. The Morgan fingerprint density at radius 1 is 1.21 bits per heavy atom. The van der Waals surface area contributed by atoms with Gasteiger partial charge in [-0.15, -0.1) is 0 Å². The zero-order chi connectivity index (χ0) is 10.8. The van der Waals surface area contributed by atoms with E-state index in [0.29, 0.717) is 5.92 Å². The van der Waals surface area contributed by atoms with Gasteiger partial charge in [-0.25, -0.2) is 0 Å². The third-order valence-corrected chi connectivity index (χ3v) is 3.49. The monoisotopic (exact) mass is 219 g/mol. The van der Waals surface area contributed by atoms with Gasteiger partial charge < -0.3 is 5.32 Å². The lowest BCUT2D eigenvalue weighted by molar-refractivity contribution is 0.550. The molecule has 0 aromatic heterocycles. The van der Waals surface area contributed by atoms with E-state index in [1.807, 2.05) is 0 Å². The van der Waals surface area contributed by atoms with E-state index in [0.717, 1.165) is 43.9 Å². The molecule has 0 aliphatic heterocycles. The second kappa shape index (κ2) is 9.66. The molecule has 1 N–H and O–H groups in total. The van der Waals surface area contributed by atoms with Crippen LogP contribution in [0, 0.1) is 5.92 Å². The first-order valence-electron chi connectivity index (χ1n) is 5.72. The molecule has 0 bridgehead atoms. The number of nitrogens with one attached hydrogen (secondary N) is 1. The zero-order valence-electron chi connectivity index (χ0n) is 9.84. The molecule has 0 rings (SSSR count). The molecule has 0 fully saturated rings. The van der Waals surface area contributed by atoms with E-state index >= 15 is 0 Å². The van der Waals surface area contributed by atoms with Crippen molar-refractivity contribution in [1.29, 1.82) is 0 Å². The largest absolute Gasteiger partial charge is 0.316 e. The van der Waals surface area contributed by atoms with Crippen molar-refractivity contribution in [2.45, 2.75) is 40.0 Å². The molecule has 1 atom stereocenters. The fraction of sp³-hybridized carbons (Fsp3) is 1.00. The topological polar surface area (TPSA) is 29.1 Å². The molecule has 14 heavy (non-hydrogen) atoms. The van der Waals surface area contributed by atoms with Gasteiger partial charge in [-0.1, -0.05) is 27.2 Å². The van der Waals surface area contributed by atoms with Gasteiger partial charge in [-0.05, 0) is 31.8 Å². The van der Waals surface area contributed by atoms with E-state index in [1.165, 1.54) is 0 Å². The van der Waals surface area contributed by atoms with Crippen LogP contribution in [0.4, 0.5) is 0 Å². The predicted octanol–water partition coefficient (Wildman–Crippen LogP) is 2.17. The quantitative estimate of drug-likeness (QED) is 0.602. The van der Waals surface area contributed by atoms with Crippen LogP contribution in [0.2, 0.25) is 0 Å². The van der Waals surface area contributed by atoms with Crippen molar-refractivity contribution in [3.05, 3.63) is 0 Å². The maximum Gasteiger partial charge on any atom is 0.0246 e. The summed E-state index contributed by atoms with van der Waals surface area (Å²) in [7, 11) is -0.574. The van der Waals surface area contributed by atoms with Crippen LogP contribution in [0.1, 0.15) is 40.0 Å². The normalized spacial score (nSPS) is 13.4. The van der Waals surface area contributed by atoms with Crippen LogP contribution < -0.4 is 5.32 Å². The van der Waals surface area contributed by atoms with Crippen molar-refractivity contribution in [3.8, 4) is 0 Å². The third kappa shape index (κ3) is 10.2. The summed E-state index contributed by atoms with van der Waals surface area (Å²) in [6, 6.07) is 0. The van der Waals surface area contributed by atoms with Gasteiger partial charge in [0.2, 0.25) is 0 Å². The highest BCUT2D eigenvalue weighted by Crippen LogP contribution is 1.94. The van der Waals surface area contributed by atoms with Crippen LogP contribution in [0.25, 0.3) is 0 Å². The van der Waals surface area contributed by atoms with Crippen LogP contribution in [-0.2, 0) is 10.8 Å². The molecule has 1 unspecified atom stereocenters. The molecule has 0 aromatic carbocycles. The van der Waals surface area contributed by atoms with E-state index in [4.69, 9.17) is 0 Å². The van der Waals surface area contributed by atoms with Gasteiger partial charge in [-0.2, -0.15) is 0 Å². The average molecular weight is 219 g/mol. The number of hydrogen-bond acceptors (Lipinski definition) is 2. The standard InChI is InChI=1S/C11H25NOS/c1-4-5-8-14(13)9-6-7-12-10-11(2)3/h11-12H,4-10H2,1-3H3. The van der Waals surface area contributed by atoms with E-state index in [1.54, 1.807) is 0 Å². The van der Waals surface area contributed by atoms with Crippen LogP contribution in [0.3, 0.4) is 0 Å². The summed E-state index contributed by atoms with van der Waals surface area (Å²) in [5.74, 6) is 2.46. The Morgan fingerprint density at radius 2 is 1.86 bits per heavy atom. The summed E-state index contributed by atoms with van der Waals surface area (Å²) < 4.78 is 11.4. The second-order valence-electron chi connectivity index (χ2n) is 4.15. The smallest absolute Gasteiger partial charge is 0.0246 e. The molecule has 0 heterocycles. The predicted molar refractivity (Wildman–Crippen MR) is 65.1 cm³/mol. The molecule has 0 saturated carbocycles. The Kier molecular flexibility index (Phi) is 9.73. The molecular weight excluding hydrogens is 194 g/mol. The summed E-state index contributed by atoms with van der Waals surface area (Å²) in [5, 5.41) is 3.36. The van der Waals surface area contributed by atoms with Crippen molar-refractivity contribution < 1.29 is 4.21 Å². The fourth-order valence-corrected chi connectivity index (χ4v) is 2.44. The average Bonchev–Trinajstić information content (AvgIpc) is 2.13. The molecule has 3 heteroatoms. The zero-order valence-corrected chi connectivity index (χ0v) is 10.7. The fourth-order valence-electron chi connectivity index (χ4n) is 1.16. The molecule has 0 spiro atoms. The first kappa shape index (κ1) is 14.1. The molecule has 86 valence electrons. The lowest BCUT2D eigenvalue weighted by atomic mass is 10.2. The summed E-state index contributed by atoms with van der Waals surface area (Å²) in [6.45, 7) is 8.62. The SMILES string of the molecule is CCCCS(=O)CCCNCC(C)C. The highest BCUT2D eigenvalue weighted by molar-refractivity contribution is 7.84. The Labute approximate surface area is 91.3 Å². The van der Waals surface area contributed by atoms with E-state index in [-0.39, 0.29) is 0 Å². The summed E-state index contributed by atoms with van der Waals surface area (Å²) >= 11 is 0. The van der Waals surface area contributed by atoms with Crippen molar-refractivity contribution in [3.63, 3.8) is 0 Å². The Hall–Kier alpha value is 0.110. The molecule has 0 aliphatic rings. The van der Waals surface area contributed by atoms with Gasteiger partial charge >= 0.3 is 0 Å². The number of rotatable bonds is 9. The lowest BCUT2D eigenvalue weighted by Crippen LogP contribution is -2.22. The highest BCUT2D eigenvalue weighted by Gasteiger charge is 1.98. The minimum absolute atomic E-state index is 0.574. The number of hydrogen-bond donors (Lipinski definition) is 1. The molecular formula is C11H25NOS. The van der Waals surface area contributed by atoms with E-state index in [9.17, 15) is 4.21 Å². The second-order valence-corrected chi connectivity index (χ2v) is 5.85. The van der Waals surface area contributed by atoms with Crippen LogP contribution >= 0.6 is 0 Å². The van der Waals surface area contributed by atoms with E-state index in [2.05, 4.69) is 26.1 Å². The van der Waals surface area contributed by atoms with Gasteiger partial charge in [-0.3, -0.25) is 4.21 Å². The Morgan fingerprint density at radius 3 is 2.43 bits per heavy atom. The highest BCUT2D eigenvalue weighted by atomic mass is 32.2. The van der Waals surface area contributed by atoms with Crippen LogP contribution in [-0.4, -0.2) is 28.8 Å². The van der Waals surface area contributed by atoms with Crippen LogP contribution in [0.15, 0.2) is 0 Å². The summed E-state index contributed by atoms with van der Waals surface area (Å²) in [5.41, 5.74) is 0. The van der Waals surface area contributed by atoms with Crippen molar-refractivity contribution in [2.75, 3.05) is 24.6 Å². The minimum Gasteiger partial charge on any atom is -0.316 e. The maximum atomic E-state index is 11.4. The Bertz CT molecular complexity index is 148. The lowest BCUT2D eigenvalue weighted by Gasteiger charge is -2.06. The minimum atomic E-state index is -0.574. The van der Waals surface area contributed by atoms with Crippen molar-refractivity contribution in [1.82, 2.24) is 5.32 Å². The van der Waals surface area contributed by atoms with Gasteiger partial charge in [0.25, 0.3) is 0 Å². The van der Waals surface area contributed by atoms with Crippen molar-refractivity contribution >= 4 is 10.8 Å². The molecule has 2 nitrogen and oxygen atoms in total. The van der Waals surface area contributed by atoms with Crippen LogP contribution in [0.5, 0.6) is 0 Å². The molecule has 0 aliphatic carbocycles. The van der Waals surface area contributed by atoms with E-state index < -0.39 is 10.8 Å². The van der Waals surface area contributed by atoms with Gasteiger partial charge in [0, 0.05) is 22.3 Å². The van der Waals surface area contributed by atoms with Gasteiger partial charge in [0.05, 0.1) is 0 Å². The Balaban J connectivity index is 3.15. The summed E-state index contributed by atoms with van der Waals surface area (Å²) in [6.07, 6.45) is 3.30. The summed E-state index contributed by atoms with van der Waals surface area (Å²) in [4.78, 5) is 0. The first-order chi connectivity index (χ1) is 6.66. The maximum absolute atomic E-state index is 11.4. The molecule has 0 aromatic rings. The van der Waals surface area contributed by atoms with Gasteiger partial charge in [0.15, 0.2) is 0 Å². The third-order valence-electron chi connectivity index (χ3n) is 2.00. The molecule has 0 radical (unpaired) electrons. The number of unbranched alkanes of at least 4 members (excludes halogenated alkanes) is 1. The van der Waals surface area contributed by atoms with Gasteiger partial charge in [0.1, 0.15) is 0 Å². The molecule has 0 amide bonds. The first-order valence-corrected chi connectivity index (χ1v) is 7.21. The van der Waals surface area contributed by atoms with Crippen molar-refractivity contribution in [2.24, 2.45) is 5.92 Å².